The third-order valence-corrected chi connectivity index (χ3v) is 5.37. The van der Waals surface area contributed by atoms with Crippen LogP contribution >= 0.6 is 0 Å². The largest absolute Gasteiger partial charge is 0.336 e. The lowest BCUT2D eigenvalue weighted by molar-refractivity contribution is 0.0783. The number of nitrogens with zero attached hydrogens (tertiary/aromatic N) is 4. The van der Waals surface area contributed by atoms with E-state index in [0.717, 1.165) is 29.8 Å². The standard InChI is InChI=1S/C21H25N5O/c1-25(13-19-17-6-4-3-5-7-18(17)23-24-19)21(27)16-10-8-15(9-11-16)20-12-22-14-26(20)2/h8-12,14H,3-7,13H2,1-2H3,(H,23,24). The Morgan fingerprint density at radius 1 is 1.19 bits per heavy atom. The first-order valence-corrected chi connectivity index (χ1v) is 9.50. The van der Waals surface area contributed by atoms with Gasteiger partial charge in [-0.2, -0.15) is 5.10 Å². The van der Waals surface area contributed by atoms with Gasteiger partial charge < -0.3 is 9.47 Å². The van der Waals surface area contributed by atoms with Crippen LogP contribution in [0.3, 0.4) is 0 Å². The van der Waals surface area contributed by atoms with Crippen LogP contribution in [0.5, 0.6) is 0 Å². The van der Waals surface area contributed by atoms with E-state index in [1.54, 1.807) is 11.2 Å². The highest BCUT2D eigenvalue weighted by atomic mass is 16.2. The molecule has 6 heteroatoms. The summed E-state index contributed by atoms with van der Waals surface area (Å²) < 4.78 is 1.96. The van der Waals surface area contributed by atoms with Gasteiger partial charge in [0, 0.05) is 25.4 Å². The third kappa shape index (κ3) is 3.52. The maximum absolute atomic E-state index is 12.8. The minimum absolute atomic E-state index is 0.0110. The number of amides is 1. The molecule has 1 aliphatic rings. The van der Waals surface area contributed by atoms with Crippen LogP contribution in [0.15, 0.2) is 36.8 Å². The lowest BCUT2D eigenvalue weighted by Gasteiger charge is -2.17. The molecule has 0 radical (unpaired) electrons. The summed E-state index contributed by atoms with van der Waals surface area (Å²) in [5.74, 6) is 0.0110. The highest BCUT2D eigenvalue weighted by molar-refractivity contribution is 5.94. The second-order valence-electron chi connectivity index (χ2n) is 7.32. The van der Waals surface area contributed by atoms with Crippen LogP contribution in [-0.4, -0.2) is 37.6 Å². The number of hydrogen-bond donors (Lipinski definition) is 1. The molecule has 0 spiro atoms. The van der Waals surface area contributed by atoms with Gasteiger partial charge in [0.05, 0.1) is 30.5 Å². The molecular weight excluding hydrogens is 338 g/mol. The van der Waals surface area contributed by atoms with Gasteiger partial charge in [0.25, 0.3) is 5.91 Å². The number of benzene rings is 1. The lowest BCUT2D eigenvalue weighted by Crippen LogP contribution is -2.26. The Labute approximate surface area is 159 Å². The van der Waals surface area contributed by atoms with Crippen molar-refractivity contribution in [2.75, 3.05) is 7.05 Å². The van der Waals surface area contributed by atoms with Crippen molar-refractivity contribution in [1.29, 1.82) is 0 Å². The molecule has 140 valence electrons. The van der Waals surface area contributed by atoms with E-state index in [1.165, 1.54) is 30.5 Å². The molecule has 0 fully saturated rings. The number of carbonyl (C=O) groups is 1. The zero-order valence-corrected chi connectivity index (χ0v) is 15.9. The smallest absolute Gasteiger partial charge is 0.253 e. The summed E-state index contributed by atoms with van der Waals surface area (Å²) in [6.45, 7) is 0.536. The van der Waals surface area contributed by atoms with Crippen molar-refractivity contribution in [2.24, 2.45) is 7.05 Å². The highest BCUT2D eigenvalue weighted by Crippen LogP contribution is 2.23. The van der Waals surface area contributed by atoms with E-state index in [-0.39, 0.29) is 5.91 Å². The van der Waals surface area contributed by atoms with Crippen LogP contribution in [0.4, 0.5) is 0 Å². The van der Waals surface area contributed by atoms with Crippen LogP contribution in [0.1, 0.15) is 46.6 Å². The molecule has 1 aliphatic carbocycles. The molecule has 0 saturated heterocycles. The Balaban J connectivity index is 1.48. The van der Waals surface area contributed by atoms with E-state index < -0.39 is 0 Å². The first-order chi connectivity index (χ1) is 13.1. The number of aromatic nitrogens is 4. The van der Waals surface area contributed by atoms with Crippen molar-refractivity contribution in [3.63, 3.8) is 0 Å². The Hall–Kier alpha value is -2.89. The summed E-state index contributed by atoms with van der Waals surface area (Å²) in [6, 6.07) is 7.70. The molecule has 2 aromatic heterocycles. The molecule has 4 rings (SSSR count). The van der Waals surface area contributed by atoms with E-state index in [4.69, 9.17) is 0 Å². The Morgan fingerprint density at radius 3 is 2.70 bits per heavy atom. The van der Waals surface area contributed by atoms with Gasteiger partial charge in [-0.1, -0.05) is 18.6 Å². The van der Waals surface area contributed by atoms with Crippen molar-refractivity contribution in [2.45, 2.75) is 38.6 Å². The van der Waals surface area contributed by atoms with Gasteiger partial charge in [0.15, 0.2) is 0 Å². The van der Waals surface area contributed by atoms with E-state index >= 15 is 0 Å². The predicted molar refractivity (Wildman–Crippen MR) is 104 cm³/mol. The Bertz CT molecular complexity index is 938. The Kier molecular flexibility index (Phi) is 4.79. The second kappa shape index (κ2) is 7.39. The maximum atomic E-state index is 12.8. The second-order valence-corrected chi connectivity index (χ2v) is 7.32. The summed E-state index contributed by atoms with van der Waals surface area (Å²) in [4.78, 5) is 18.7. The van der Waals surface area contributed by atoms with Crippen molar-refractivity contribution in [3.05, 3.63) is 59.3 Å². The third-order valence-electron chi connectivity index (χ3n) is 5.37. The normalized spacial score (nSPS) is 13.9. The molecule has 0 aliphatic heterocycles. The summed E-state index contributed by atoms with van der Waals surface area (Å²) in [7, 11) is 3.80. The average Bonchev–Trinajstić information content (AvgIpc) is 3.19. The number of H-pyrrole nitrogens is 1. The minimum atomic E-state index is 0.0110. The minimum Gasteiger partial charge on any atom is -0.336 e. The van der Waals surface area contributed by atoms with Crippen molar-refractivity contribution < 1.29 is 4.79 Å². The van der Waals surface area contributed by atoms with Crippen molar-refractivity contribution in [3.8, 4) is 11.3 Å². The number of rotatable bonds is 4. The fourth-order valence-corrected chi connectivity index (χ4v) is 3.79. The number of aryl methyl sites for hydroxylation is 2. The van der Waals surface area contributed by atoms with E-state index in [2.05, 4.69) is 15.2 Å². The van der Waals surface area contributed by atoms with Gasteiger partial charge in [-0.05, 0) is 48.9 Å². The summed E-state index contributed by atoms with van der Waals surface area (Å²) >= 11 is 0. The number of imidazole rings is 1. The number of carbonyl (C=O) groups excluding carboxylic acids is 1. The fraction of sp³-hybridized carbons (Fsp3) is 0.381. The topological polar surface area (TPSA) is 66.8 Å². The molecule has 1 amide bonds. The highest BCUT2D eigenvalue weighted by Gasteiger charge is 2.19. The zero-order chi connectivity index (χ0) is 18.8. The zero-order valence-electron chi connectivity index (χ0n) is 15.9. The van der Waals surface area contributed by atoms with Gasteiger partial charge in [0.2, 0.25) is 0 Å². The first-order valence-electron chi connectivity index (χ1n) is 9.50. The maximum Gasteiger partial charge on any atom is 0.253 e. The summed E-state index contributed by atoms with van der Waals surface area (Å²) in [5.41, 5.74) is 6.34. The number of nitrogens with one attached hydrogen (secondary N) is 1. The van der Waals surface area contributed by atoms with Crippen LogP contribution in [0.2, 0.25) is 0 Å². The van der Waals surface area contributed by atoms with Crippen molar-refractivity contribution >= 4 is 5.91 Å². The fourth-order valence-electron chi connectivity index (χ4n) is 3.79. The molecule has 1 N–H and O–H groups in total. The molecule has 3 aromatic rings. The van der Waals surface area contributed by atoms with Gasteiger partial charge in [-0.25, -0.2) is 4.98 Å². The molecule has 0 bridgehead atoms. The Morgan fingerprint density at radius 2 is 1.96 bits per heavy atom. The lowest BCUT2D eigenvalue weighted by atomic mass is 10.1. The summed E-state index contributed by atoms with van der Waals surface area (Å²) in [6.07, 6.45) is 9.40. The average molecular weight is 363 g/mol. The van der Waals surface area contributed by atoms with E-state index in [1.807, 2.05) is 49.1 Å². The van der Waals surface area contributed by atoms with E-state index in [9.17, 15) is 4.79 Å². The van der Waals surface area contributed by atoms with Crippen LogP contribution in [0.25, 0.3) is 11.3 Å². The monoisotopic (exact) mass is 363 g/mol. The molecule has 1 aromatic carbocycles. The molecular formula is C21H25N5O. The van der Waals surface area contributed by atoms with Crippen LogP contribution < -0.4 is 0 Å². The molecule has 0 atom stereocenters. The SMILES string of the molecule is CN(Cc1n[nH]c2c1CCCCC2)C(=O)c1ccc(-c2cncn2C)cc1. The molecule has 27 heavy (non-hydrogen) atoms. The van der Waals surface area contributed by atoms with Gasteiger partial charge >= 0.3 is 0 Å². The summed E-state index contributed by atoms with van der Waals surface area (Å²) in [5, 5.41) is 7.67. The van der Waals surface area contributed by atoms with Crippen LogP contribution in [-0.2, 0) is 26.4 Å². The van der Waals surface area contributed by atoms with Crippen LogP contribution in [0, 0.1) is 0 Å². The number of fused-ring (bicyclic) bond motifs is 1. The van der Waals surface area contributed by atoms with Gasteiger partial charge in [-0.15, -0.1) is 0 Å². The molecule has 6 nitrogen and oxygen atoms in total. The predicted octanol–water partition coefficient (Wildman–Crippen LogP) is 3.35. The quantitative estimate of drug-likeness (QED) is 0.723. The van der Waals surface area contributed by atoms with E-state index in [0.29, 0.717) is 12.1 Å². The van der Waals surface area contributed by atoms with Gasteiger partial charge in [0.1, 0.15) is 0 Å². The molecule has 2 heterocycles. The van der Waals surface area contributed by atoms with Gasteiger partial charge in [-0.3, -0.25) is 9.89 Å². The number of aromatic amines is 1. The number of hydrogen-bond acceptors (Lipinski definition) is 3. The molecule has 0 saturated carbocycles. The first kappa shape index (κ1) is 17.5. The molecule has 0 unspecified atom stereocenters. The van der Waals surface area contributed by atoms with Crippen molar-refractivity contribution in [1.82, 2.24) is 24.6 Å².